The molecule has 1 rings (SSSR count). The second-order valence-corrected chi connectivity index (χ2v) is 4.00. The topological polar surface area (TPSA) is 26.0 Å². The fraction of sp³-hybridized carbons (Fsp3) is 0.125. The average molecular weight is 225 g/mol. The Hall–Kier alpha value is -2.02. The lowest BCUT2D eigenvalue weighted by Crippen LogP contribution is -1.94. The van der Waals surface area contributed by atoms with Crippen LogP contribution in [0.1, 0.15) is 13.8 Å². The Morgan fingerprint density at radius 3 is 2.24 bits per heavy atom. The molecule has 1 aliphatic carbocycles. The van der Waals surface area contributed by atoms with Crippen molar-refractivity contribution in [1.82, 2.24) is 0 Å². The lowest BCUT2D eigenvalue weighted by molar-refractivity contribution is 1.33. The van der Waals surface area contributed by atoms with E-state index in [1.165, 1.54) is 11.1 Å². The van der Waals surface area contributed by atoms with Gasteiger partial charge in [0.15, 0.2) is 0 Å². The summed E-state index contributed by atoms with van der Waals surface area (Å²) in [5.74, 6) is 0. The van der Waals surface area contributed by atoms with Crippen molar-refractivity contribution in [2.24, 2.45) is 5.73 Å². The van der Waals surface area contributed by atoms with Crippen LogP contribution in [0.15, 0.2) is 83.7 Å². The van der Waals surface area contributed by atoms with E-state index < -0.39 is 0 Å². The van der Waals surface area contributed by atoms with Gasteiger partial charge in [0.25, 0.3) is 0 Å². The molecule has 1 heteroatoms. The fourth-order valence-electron chi connectivity index (χ4n) is 1.81. The van der Waals surface area contributed by atoms with Crippen molar-refractivity contribution in [3.63, 3.8) is 0 Å². The molecule has 0 saturated carbocycles. The van der Waals surface area contributed by atoms with Crippen LogP contribution in [0.2, 0.25) is 0 Å². The summed E-state index contributed by atoms with van der Waals surface area (Å²) in [6.45, 7) is 15.6. The molecule has 17 heavy (non-hydrogen) atoms. The molecule has 1 aliphatic rings. The summed E-state index contributed by atoms with van der Waals surface area (Å²) in [4.78, 5) is 0. The van der Waals surface area contributed by atoms with Crippen molar-refractivity contribution in [3.05, 3.63) is 83.7 Å². The van der Waals surface area contributed by atoms with Crippen LogP contribution >= 0.6 is 0 Å². The second kappa shape index (κ2) is 5.35. The van der Waals surface area contributed by atoms with Crippen LogP contribution < -0.4 is 5.73 Å². The number of hydrogen-bond acceptors (Lipinski definition) is 1. The number of allylic oxidation sites excluding steroid dienone is 10. The predicted molar refractivity (Wildman–Crippen MR) is 76.3 cm³/mol. The highest BCUT2D eigenvalue weighted by molar-refractivity contribution is 5.69. The first-order valence-electron chi connectivity index (χ1n) is 5.53. The monoisotopic (exact) mass is 225 g/mol. The number of hydrogen-bond donors (Lipinski definition) is 1. The molecule has 0 fully saturated rings. The van der Waals surface area contributed by atoms with Crippen LogP contribution in [0.5, 0.6) is 0 Å². The van der Waals surface area contributed by atoms with E-state index in [1.54, 1.807) is 12.2 Å². The minimum Gasteiger partial charge on any atom is -0.399 e. The zero-order valence-corrected chi connectivity index (χ0v) is 10.6. The maximum absolute atomic E-state index is 5.78. The smallest absolute Gasteiger partial charge is 0.0314 e. The molecule has 0 unspecified atom stereocenters. The van der Waals surface area contributed by atoms with E-state index in [1.807, 2.05) is 18.2 Å². The fourth-order valence-corrected chi connectivity index (χ4v) is 1.81. The lowest BCUT2D eigenvalue weighted by atomic mass is 10.0. The Morgan fingerprint density at radius 1 is 1.12 bits per heavy atom. The number of rotatable bonds is 4. The highest BCUT2D eigenvalue weighted by atomic mass is 14.6. The SMILES string of the molecule is C=C/C=C\C1=C(C)C(C)=C(/C=C(/N)C=C)C1=C. The Balaban J connectivity index is 3.18. The molecule has 0 aromatic heterocycles. The maximum atomic E-state index is 5.78. The molecule has 88 valence electrons. The van der Waals surface area contributed by atoms with E-state index in [2.05, 4.69) is 33.6 Å². The van der Waals surface area contributed by atoms with Crippen molar-refractivity contribution in [3.8, 4) is 0 Å². The van der Waals surface area contributed by atoms with Gasteiger partial charge in [-0.3, -0.25) is 0 Å². The molecule has 0 amide bonds. The average Bonchev–Trinajstić information content (AvgIpc) is 2.51. The summed E-state index contributed by atoms with van der Waals surface area (Å²) in [6.07, 6.45) is 9.26. The van der Waals surface area contributed by atoms with Gasteiger partial charge >= 0.3 is 0 Å². The van der Waals surface area contributed by atoms with E-state index in [9.17, 15) is 0 Å². The molecular weight excluding hydrogens is 206 g/mol. The minimum absolute atomic E-state index is 0.655. The van der Waals surface area contributed by atoms with Gasteiger partial charge in [-0.05, 0) is 53.9 Å². The van der Waals surface area contributed by atoms with Crippen LogP contribution in [0.25, 0.3) is 0 Å². The predicted octanol–water partition coefficient (Wildman–Crippen LogP) is 3.96. The molecule has 0 aromatic carbocycles. The molecule has 0 saturated heterocycles. The summed E-state index contributed by atoms with van der Waals surface area (Å²) < 4.78 is 0. The van der Waals surface area contributed by atoms with E-state index in [0.717, 1.165) is 16.7 Å². The zero-order chi connectivity index (χ0) is 13.0. The molecule has 0 aliphatic heterocycles. The summed E-state index contributed by atoms with van der Waals surface area (Å²) >= 11 is 0. The summed E-state index contributed by atoms with van der Waals surface area (Å²) in [5.41, 5.74) is 12.1. The maximum Gasteiger partial charge on any atom is 0.0314 e. The van der Waals surface area contributed by atoms with Crippen molar-refractivity contribution < 1.29 is 0 Å². The first-order chi connectivity index (χ1) is 8.02. The molecule has 0 atom stereocenters. The molecular formula is C16H19N. The third-order valence-electron chi connectivity index (χ3n) is 2.97. The summed E-state index contributed by atoms with van der Waals surface area (Å²) in [7, 11) is 0. The quantitative estimate of drug-likeness (QED) is 0.720. The Kier molecular flexibility index (Phi) is 4.11. The molecule has 1 nitrogen and oxygen atoms in total. The van der Waals surface area contributed by atoms with Gasteiger partial charge in [-0.25, -0.2) is 0 Å². The summed E-state index contributed by atoms with van der Waals surface area (Å²) in [5, 5.41) is 0. The van der Waals surface area contributed by atoms with Gasteiger partial charge in [-0.15, -0.1) is 0 Å². The highest BCUT2D eigenvalue weighted by Crippen LogP contribution is 2.37. The Bertz CT molecular complexity index is 494. The van der Waals surface area contributed by atoms with Gasteiger partial charge in [0.1, 0.15) is 0 Å². The number of nitrogens with two attached hydrogens (primary N) is 1. The van der Waals surface area contributed by atoms with Crippen molar-refractivity contribution in [1.29, 1.82) is 0 Å². The zero-order valence-electron chi connectivity index (χ0n) is 10.6. The van der Waals surface area contributed by atoms with Crippen molar-refractivity contribution >= 4 is 0 Å². The first kappa shape index (κ1) is 13.0. The van der Waals surface area contributed by atoms with Crippen molar-refractivity contribution in [2.45, 2.75) is 13.8 Å². The largest absolute Gasteiger partial charge is 0.399 e. The minimum atomic E-state index is 0.655. The lowest BCUT2D eigenvalue weighted by Gasteiger charge is -2.03. The van der Waals surface area contributed by atoms with Crippen molar-refractivity contribution in [2.75, 3.05) is 0 Å². The molecule has 0 radical (unpaired) electrons. The standard InChI is InChI=1S/C16H19N/c1-6-8-9-15-11(3)12(4)16(13(15)5)10-14(17)7-2/h6-10H,1-2,5,17H2,3-4H3/b9-8-,14-10+. The van der Waals surface area contributed by atoms with E-state index in [-0.39, 0.29) is 0 Å². The van der Waals surface area contributed by atoms with Gasteiger partial charge in [0.2, 0.25) is 0 Å². The van der Waals surface area contributed by atoms with Crippen LogP contribution in [-0.4, -0.2) is 0 Å². The first-order valence-corrected chi connectivity index (χ1v) is 5.53. The van der Waals surface area contributed by atoms with Gasteiger partial charge in [-0.2, -0.15) is 0 Å². The Labute approximate surface area is 104 Å². The van der Waals surface area contributed by atoms with E-state index in [0.29, 0.717) is 5.70 Å². The third-order valence-corrected chi connectivity index (χ3v) is 2.97. The van der Waals surface area contributed by atoms with Crippen LogP contribution in [0.4, 0.5) is 0 Å². The van der Waals surface area contributed by atoms with Crippen LogP contribution in [-0.2, 0) is 0 Å². The molecule has 0 bridgehead atoms. The Morgan fingerprint density at radius 2 is 1.71 bits per heavy atom. The second-order valence-electron chi connectivity index (χ2n) is 4.00. The molecule has 2 N–H and O–H groups in total. The molecule has 0 spiro atoms. The molecule has 0 heterocycles. The highest BCUT2D eigenvalue weighted by Gasteiger charge is 2.19. The van der Waals surface area contributed by atoms with Gasteiger partial charge in [0, 0.05) is 5.70 Å². The van der Waals surface area contributed by atoms with Gasteiger partial charge < -0.3 is 5.73 Å². The van der Waals surface area contributed by atoms with Crippen LogP contribution in [0, 0.1) is 0 Å². The third kappa shape index (κ3) is 2.56. The van der Waals surface area contributed by atoms with Gasteiger partial charge in [0.05, 0.1) is 0 Å². The van der Waals surface area contributed by atoms with E-state index >= 15 is 0 Å². The van der Waals surface area contributed by atoms with Crippen LogP contribution in [0.3, 0.4) is 0 Å². The normalized spacial score (nSPS) is 17.3. The van der Waals surface area contributed by atoms with E-state index in [4.69, 9.17) is 5.73 Å². The summed E-state index contributed by atoms with van der Waals surface area (Å²) in [6, 6.07) is 0. The molecule has 0 aromatic rings. The van der Waals surface area contributed by atoms with Gasteiger partial charge in [-0.1, -0.05) is 38.0 Å².